The lowest BCUT2D eigenvalue weighted by molar-refractivity contribution is -0.116. The SMILES string of the molecule is C=C1C[C@H]2C=Nc3cc(OCCCC(=O)Nc4cn(C)c(C(=O)Nc5cc(C(=O)NCc6ccc(N)cc6)n(C)c5)n4)c(O)cc3C(=O)N2C1. The van der Waals surface area contributed by atoms with Crippen LogP contribution >= 0.6 is 0 Å². The number of benzene rings is 2. The van der Waals surface area contributed by atoms with E-state index < -0.39 is 5.91 Å². The van der Waals surface area contributed by atoms with E-state index in [1.165, 1.54) is 22.9 Å². The summed E-state index contributed by atoms with van der Waals surface area (Å²) in [6.45, 7) is 4.84. The molecule has 4 heterocycles. The van der Waals surface area contributed by atoms with Gasteiger partial charge in [0.2, 0.25) is 11.7 Å². The number of phenols is 1. The number of fused-ring (bicyclic) bond motifs is 2. The van der Waals surface area contributed by atoms with Crippen molar-refractivity contribution in [2.45, 2.75) is 31.8 Å². The molecule has 2 aliphatic rings. The maximum atomic E-state index is 13.0. The lowest BCUT2D eigenvalue weighted by Gasteiger charge is -2.19. The molecule has 1 fully saturated rings. The van der Waals surface area contributed by atoms with E-state index in [2.05, 4.69) is 32.5 Å². The van der Waals surface area contributed by atoms with Crippen LogP contribution in [0.3, 0.4) is 0 Å². The number of nitrogens with one attached hydrogen (secondary N) is 3. The van der Waals surface area contributed by atoms with Crippen molar-refractivity contribution in [2.75, 3.05) is 29.5 Å². The fourth-order valence-corrected chi connectivity index (χ4v) is 5.77. The molecule has 15 heteroatoms. The van der Waals surface area contributed by atoms with Crippen LogP contribution in [0.15, 0.2) is 72.0 Å². The van der Waals surface area contributed by atoms with E-state index in [4.69, 9.17) is 10.5 Å². The Bertz CT molecular complexity index is 2030. The van der Waals surface area contributed by atoms with E-state index in [0.717, 1.165) is 11.1 Å². The number of anilines is 3. The number of carbonyl (C=O) groups excluding carboxylic acids is 4. The smallest absolute Gasteiger partial charge is 0.291 e. The highest BCUT2D eigenvalue weighted by Gasteiger charge is 2.34. The maximum Gasteiger partial charge on any atom is 0.291 e. The summed E-state index contributed by atoms with van der Waals surface area (Å²) in [5, 5.41) is 18.8. The van der Waals surface area contributed by atoms with Crippen LogP contribution in [0, 0.1) is 0 Å². The second-order valence-corrected chi connectivity index (χ2v) is 12.2. The van der Waals surface area contributed by atoms with Gasteiger partial charge in [-0.1, -0.05) is 24.3 Å². The summed E-state index contributed by atoms with van der Waals surface area (Å²) >= 11 is 0. The molecular weight excluding hydrogens is 642 g/mol. The Kier molecular flexibility index (Phi) is 9.38. The predicted octanol–water partition coefficient (Wildman–Crippen LogP) is 3.51. The van der Waals surface area contributed by atoms with Crippen LogP contribution in [0.1, 0.15) is 56.3 Å². The minimum atomic E-state index is -0.529. The van der Waals surface area contributed by atoms with Gasteiger partial charge in [0, 0.05) is 64.0 Å². The first-order valence-corrected chi connectivity index (χ1v) is 15.9. The third kappa shape index (κ3) is 7.36. The molecule has 1 saturated heterocycles. The van der Waals surface area contributed by atoms with E-state index in [-0.39, 0.29) is 65.5 Å². The molecule has 0 unspecified atom stereocenters. The molecule has 15 nitrogen and oxygen atoms in total. The molecule has 0 bridgehead atoms. The highest BCUT2D eigenvalue weighted by molar-refractivity contribution is 6.04. The molecule has 0 spiro atoms. The van der Waals surface area contributed by atoms with E-state index in [9.17, 15) is 24.3 Å². The number of hydrogen-bond donors (Lipinski definition) is 5. The average Bonchev–Trinajstić information content (AvgIpc) is 3.74. The average molecular weight is 680 g/mol. The Balaban J connectivity index is 0.979. The summed E-state index contributed by atoms with van der Waals surface area (Å²) < 4.78 is 8.80. The van der Waals surface area contributed by atoms with Crippen LogP contribution in [0.4, 0.5) is 22.9 Å². The Morgan fingerprint density at radius 3 is 2.62 bits per heavy atom. The Morgan fingerprint density at radius 1 is 1.06 bits per heavy atom. The second kappa shape index (κ2) is 14.0. The normalized spacial score (nSPS) is 14.9. The van der Waals surface area contributed by atoms with Crippen molar-refractivity contribution in [1.82, 2.24) is 24.3 Å². The number of hydrogen-bond acceptors (Lipinski definition) is 9. The molecule has 0 saturated carbocycles. The molecule has 0 radical (unpaired) electrons. The molecule has 4 aromatic rings. The Hall–Kier alpha value is -6.38. The van der Waals surface area contributed by atoms with Gasteiger partial charge in [0.15, 0.2) is 17.3 Å². The second-order valence-electron chi connectivity index (χ2n) is 12.2. The molecule has 1 atom stereocenters. The van der Waals surface area contributed by atoms with Crippen LogP contribution < -0.4 is 26.4 Å². The van der Waals surface area contributed by atoms with Gasteiger partial charge in [-0.15, -0.1) is 0 Å². The third-order valence-electron chi connectivity index (χ3n) is 8.33. The standard InChI is InChI=1S/C35H37N9O6/c1-20-11-24-16-37-26-14-29(28(45)13-25(26)35(49)44(24)17-20)50-10-4-5-31(46)40-30-19-43(3)32(41-30)34(48)39-23-12-27(42(2)18-23)33(47)38-15-21-6-8-22(36)9-7-21/h6-9,12-14,16,18-19,24,45H,1,4-5,10-11,15,17,36H2,2-3H3,(H,38,47)(H,39,48)(H,40,46)/t24-/m0/s1. The zero-order valence-corrected chi connectivity index (χ0v) is 27.6. The first-order chi connectivity index (χ1) is 23.9. The number of aryl methyl sites for hydroxylation is 2. The van der Waals surface area contributed by atoms with Crippen molar-refractivity contribution < 1.29 is 29.0 Å². The number of aromatic hydroxyl groups is 1. The molecule has 50 heavy (non-hydrogen) atoms. The highest BCUT2D eigenvalue weighted by Crippen LogP contribution is 2.38. The minimum Gasteiger partial charge on any atom is -0.504 e. The van der Waals surface area contributed by atoms with Crippen LogP contribution in [0.5, 0.6) is 11.5 Å². The summed E-state index contributed by atoms with van der Waals surface area (Å²) in [4.78, 5) is 61.8. The van der Waals surface area contributed by atoms with Crippen molar-refractivity contribution in [2.24, 2.45) is 19.1 Å². The van der Waals surface area contributed by atoms with Gasteiger partial charge in [0.05, 0.1) is 29.6 Å². The van der Waals surface area contributed by atoms with Crippen LogP contribution in [0.25, 0.3) is 0 Å². The lowest BCUT2D eigenvalue weighted by Crippen LogP contribution is -2.35. The maximum absolute atomic E-state index is 13.0. The lowest BCUT2D eigenvalue weighted by atomic mass is 10.1. The molecule has 258 valence electrons. The number of ether oxygens (including phenoxy) is 1. The number of rotatable bonds is 11. The molecule has 2 aromatic heterocycles. The zero-order valence-electron chi connectivity index (χ0n) is 27.6. The quantitative estimate of drug-likeness (QED) is 0.0901. The molecule has 2 aromatic carbocycles. The number of imidazole rings is 1. The van der Waals surface area contributed by atoms with Gasteiger partial charge in [-0.3, -0.25) is 24.2 Å². The van der Waals surface area contributed by atoms with Crippen LogP contribution in [-0.2, 0) is 25.4 Å². The topological polar surface area (TPSA) is 198 Å². The predicted molar refractivity (Wildman–Crippen MR) is 187 cm³/mol. The summed E-state index contributed by atoms with van der Waals surface area (Å²) in [6, 6.07) is 11.4. The van der Waals surface area contributed by atoms with E-state index in [0.29, 0.717) is 48.7 Å². The Labute approximate surface area is 287 Å². The van der Waals surface area contributed by atoms with E-state index >= 15 is 0 Å². The fourth-order valence-electron chi connectivity index (χ4n) is 5.77. The fraction of sp³-hybridized carbons (Fsp3) is 0.257. The summed E-state index contributed by atoms with van der Waals surface area (Å²) in [7, 11) is 3.32. The number of phenolic OH excluding ortho intramolecular Hbond substituents is 1. The summed E-state index contributed by atoms with van der Waals surface area (Å²) in [5.74, 6) is -1.22. The van der Waals surface area contributed by atoms with Crippen molar-refractivity contribution >= 4 is 52.7 Å². The van der Waals surface area contributed by atoms with Gasteiger partial charge in [0.25, 0.3) is 17.7 Å². The molecular formula is C35H37N9O6. The van der Waals surface area contributed by atoms with Crippen LogP contribution in [0.2, 0.25) is 0 Å². The van der Waals surface area contributed by atoms with Crippen molar-refractivity contribution in [3.05, 3.63) is 89.7 Å². The molecule has 6 N–H and O–H groups in total. The van der Waals surface area contributed by atoms with Gasteiger partial charge in [-0.05, 0) is 42.7 Å². The number of carbonyl (C=O) groups is 4. The number of nitrogens with two attached hydrogens (primary N) is 1. The van der Waals surface area contributed by atoms with E-state index in [1.54, 1.807) is 54.2 Å². The Morgan fingerprint density at radius 2 is 1.84 bits per heavy atom. The van der Waals surface area contributed by atoms with Gasteiger partial charge >= 0.3 is 0 Å². The van der Waals surface area contributed by atoms with Gasteiger partial charge in [-0.25, -0.2) is 4.98 Å². The highest BCUT2D eigenvalue weighted by atomic mass is 16.5. The number of amides is 4. The van der Waals surface area contributed by atoms with E-state index in [1.807, 2.05) is 12.1 Å². The molecule has 6 rings (SSSR count). The molecule has 2 aliphatic heterocycles. The summed E-state index contributed by atoms with van der Waals surface area (Å²) in [5.41, 5.74) is 9.63. The zero-order chi connectivity index (χ0) is 35.5. The first-order valence-electron chi connectivity index (χ1n) is 15.9. The number of nitrogen functional groups attached to an aromatic ring is 1. The van der Waals surface area contributed by atoms with Crippen LogP contribution in [-0.4, -0.2) is 73.2 Å². The molecule has 0 aliphatic carbocycles. The summed E-state index contributed by atoms with van der Waals surface area (Å²) in [6.07, 6.45) is 5.88. The minimum absolute atomic E-state index is 0.0482. The number of nitrogens with zero attached hydrogens (tertiary/aromatic N) is 5. The van der Waals surface area contributed by atoms with Crippen molar-refractivity contribution in [1.29, 1.82) is 0 Å². The number of aliphatic imine (C=N–C) groups is 1. The monoisotopic (exact) mass is 679 g/mol. The van der Waals surface area contributed by atoms with Gasteiger partial charge < -0.3 is 45.6 Å². The number of aromatic nitrogens is 3. The largest absolute Gasteiger partial charge is 0.504 e. The molecule has 4 amide bonds. The van der Waals surface area contributed by atoms with Gasteiger partial charge in [0.1, 0.15) is 5.69 Å². The third-order valence-corrected chi connectivity index (χ3v) is 8.33. The van der Waals surface area contributed by atoms with Gasteiger partial charge in [-0.2, -0.15) is 0 Å². The first kappa shape index (κ1) is 33.5. The van der Waals surface area contributed by atoms with Crippen molar-refractivity contribution in [3.8, 4) is 11.5 Å². The van der Waals surface area contributed by atoms with Crippen molar-refractivity contribution in [3.63, 3.8) is 0 Å².